The fourth-order valence-corrected chi connectivity index (χ4v) is 3.03. The Kier molecular flexibility index (Phi) is 4.26. The summed E-state index contributed by atoms with van der Waals surface area (Å²) in [5.41, 5.74) is 3.23. The molecule has 0 aliphatic rings. The molecule has 3 rings (SSSR count). The van der Waals surface area contributed by atoms with Crippen molar-refractivity contribution in [1.82, 2.24) is 4.98 Å². The van der Waals surface area contributed by atoms with Gasteiger partial charge >= 0.3 is 0 Å². The highest BCUT2D eigenvalue weighted by Crippen LogP contribution is 2.21. The fourth-order valence-electron chi connectivity index (χ4n) is 3.03. The van der Waals surface area contributed by atoms with E-state index in [0.717, 1.165) is 27.1 Å². The van der Waals surface area contributed by atoms with Crippen LogP contribution in [-0.4, -0.2) is 24.4 Å². The van der Waals surface area contributed by atoms with Gasteiger partial charge in [0.2, 0.25) is 5.78 Å². The fraction of sp³-hybridized carbons (Fsp3) is 0.211. The van der Waals surface area contributed by atoms with Crippen molar-refractivity contribution in [2.24, 2.45) is 0 Å². The number of hydrogen-bond acceptors (Lipinski definition) is 1. The number of rotatable bonds is 5. The van der Waals surface area contributed by atoms with Crippen LogP contribution < -0.4 is 4.90 Å². The molecule has 1 unspecified atom stereocenters. The van der Waals surface area contributed by atoms with Crippen LogP contribution in [0.25, 0.3) is 10.9 Å². The van der Waals surface area contributed by atoms with Gasteiger partial charge in [-0.2, -0.15) is 0 Å². The van der Waals surface area contributed by atoms with E-state index >= 15 is 0 Å². The summed E-state index contributed by atoms with van der Waals surface area (Å²) in [6.07, 6.45) is 0. The predicted octanol–water partition coefficient (Wildman–Crippen LogP) is 2.51. The molecule has 23 heavy (non-hydrogen) atoms. The number of hydrogen-bond donors (Lipinski definition) is 2. The van der Waals surface area contributed by atoms with Gasteiger partial charge in [-0.25, -0.2) is 4.39 Å². The van der Waals surface area contributed by atoms with E-state index < -0.39 is 0 Å². The number of carbonyl (C=O) groups is 1. The van der Waals surface area contributed by atoms with E-state index in [1.54, 1.807) is 12.1 Å². The first-order chi connectivity index (χ1) is 11.1. The molecule has 2 aromatic carbocycles. The largest absolute Gasteiger partial charge is 0.358 e. The Balaban J connectivity index is 1.78. The van der Waals surface area contributed by atoms with Gasteiger partial charge in [0, 0.05) is 22.2 Å². The predicted molar refractivity (Wildman–Crippen MR) is 89.2 cm³/mol. The van der Waals surface area contributed by atoms with Crippen LogP contribution in [0.1, 0.15) is 21.6 Å². The number of nitrogens with one attached hydrogen (secondary N) is 2. The Hall–Kier alpha value is -2.46. The second kappa shape index (κ2) is 6.34. The second-order valence-corrected chi connectivity index (χ2v) is 6.00. The van der Waals surface area contributed by atoms with E-state index in [1.165, 1.54) is 6.07 Å². The van der Waals surface area contributed by atoms with Gasteiger partial charge in [-0.3, -0.25) is 4.79 Å². The molecule has 3 nitrogen and oxygen atoms in total. The van der Waals surface area contributed by atoms with E-state index in [1.807, 2.05) is 44.3 Å². The maximum atomic E-state index is 13.7. The van der Waals surface area contributed by atoms with Crippen LogP contribution in [0, 0.1) is 12.7 Å². The third-order valence-electron chi connectivity index (χ3n) is 4.08. The number of para-hydroxylation sites is 1. The zero-order valence-corrected chi connectivity index (χ0v) is 13.3. The van der Waals surface area contributed by atoms with Gasteiger partial charge in [0.05, 0.1) is 12.6 Å². The number of benzene rings is 2. The first kappa shape index (κ1) is 15.4. The van der Waals surface area contributed by atoms with E-state index in [-0.39, 0.29) is 11.6 Å². The Labute approximate surface area is 134 Å². The van der Waals surface area contributed by atoms with E-state index in [4.69, 9.17) is 0 Å². The summed E-state index contributed by atoms with van der Waals surface area (Å²) in [7, 11) is 1.91. The number of H-pyrrole nitrogens is 1. The van der Waals surface area contributed by atoms with Crippen molar-refractivity contribution in [2.45, 2.75) is 13.5 Å². The van der Waals surface area contributed by atoms with Gasteiger partial charge in [0.15, 0.2) is 0 Å². The quantitative estimate of drug-likeness (QED) is 0.698. The van der Waals surface area contributed by atoms with Gasteiger partial charge in [-0.15, -0.1) is 0 Å². The standard InChI is InChI=1S/C19H19FN2O/c1-13-19(15-8-4-6-10-17(15)21-13)18(23)12-22(2)11-14-7-3-5-9-16(14)20/h3-10,21H,11-12H2,1-2H3/p+1. The lowest BCUT2D eigenvalue weighted by atomic mass is 10.1. The van der Waals surface area contributed by atoms with Crippen molar-refractivity contribution in [1.29, 1.82) is 0 Å². The first-order valence-electron chi connectivity index (χ1n) is 7.71. The summed E-state index contributed by atoms with van der Waals surface area (Å²) in [5, 5.41) is 0.952. The number of aryl methyl sites for hydroxylation is 1. The lowest BCUT2D eigenvalue weighted by molar-refractivity contribution is -0.885. The molecule has 1 aromatic heterocycles. The summed E-state index contributed by atoms with van der Waals surface area (Å²) in [6.45, 7) is 2.73. The Morgan fingerprint density at radius 3 is 2.61 bits per heavy atom. The molecule has 0 amide bonds. The van der Waals surface area contributed by atoms with Crippen molar-refractivity contribution in [3.05, 3.63) is 71.2 Å². The molecule has 0 saturated carbocycles. The Morgan fingerprint density at radius 1 is 1.13 bits per heavy atom. The van der Waals surface area contributed by atoms with Gasteiger partial charge in [-0.1, -0.05) is 36.4 Å². The molecule has 4 heteroatoms. The smallest absolute Gasteiger partial charge is 0.219 e. The van der Waals surface area contributed by atoms with Crippen LogP contribution in [0.2, 0.25) is 0 Å². The molecule has 1 heterocycles. The minimum absolute atomic E-state index is 0.0776. The van der Waals surface area contributed by atoms with Crippen molar-refractivity contribution in [2.75, 3.05) is 13.6 Å². The highest BCUT2D eigenvalue weighted by Gasteiger charge is 2.20. The molecule has 0 fully saturated rings. The number of fused-ring (bicyclic) bond motifs is 1. The highest BCUT2D eigenvalue weighted by molar-refractivity contribution is 6.09. The van der Waals surface area contributed by atoms with Gasteiger partial charge in [0.25, 0.3) is 0 Å². The number of likely N-dealkylation sites (N-methyl/N-ethyl adjacent to an activating group) is 1. The summed E-state index contributed by atoms with van der Waals surface area (Å²) in [6, 6.07) is 14.5. The summed E-state index contributed by atoms with van der Waals surface area (Å²) < 4.78 is 13.7. The number of carbonyl (C=O) groups excluding carboxylic acids is 1. The molecule has 0 saturated heterocycles. The van der Waals surface area contributed by atoms with Crippen LogP contribution in [0.15, 0.2) is 48.5 Å². The molecule has 0 radical (unpaired) electrons. The topological polar surface area (TPSA) is 37.3 Å². The SMILES string of the molecule is Cc1[nH]c2ccccc2c1C(=O)C[NH+](C)Cc1ccccc1F. The number of aromatic nitrogens is 1. The summed E-state index contributed by atoms with van der Waals surface area (Å²) >= 11 is 0. The third-order valence-corrected chi connectivity index (χ3v) is 4.08. The molecule has 118 valence electrons. The number of Topliss-reactive ketones (excluding diaryl/α,β-unsaturated/α-hetero) is 1. The van der Waals surface area contributed by atoms with Crippen LogP contribution in [-0.2, 0) is 6.54 Å². The van der Waals surface area contributed by atoms with E-state index in [2.05, 4.69) is 4.98 Å². The molecule has 0 spiro atoms. The van der Waals surface area contributed by atoms with Crippen LogP contribution >= 0.6 is 0 Å². The lowest BCUT2D eigenvalue weighted by Crippen LogP contribution is -3.08. The van der Waals surface area contributed by atoms with Crippen molar-refractivity contribution < 1.29 is 14.1 Å². The molecule has 0 aliphatic heterocycles. The zero-order chi connectivity index (χ0) is 16.4. The number of ketones is 1. The Morgan fingerprint density at radius 2 is 1.83 bits per heavy atom. The monoisotopic (exact) mass is 311 g/mol. The Bertz CT molecular complexity index is 853. The molecule has 3 aromatic rings. The number of halogens is 1. The maximum absolute atomic E-state index is 13.7. The molecular formula is C19H20FN2O+. The number of aromatic amines is 1. The van der Waals surface area contributed by atoms with Gasteiger partial charge in [0.1, 0.15) is 18.9 Å². The lowest BCUT2D eigenvalue weighted by Gasteiger charge is -2.14. The minimum atomic E-state index is -0.220. The molecule has 2 N–H and O–H groups in total. The normalized spacial score (nSPS) is 12.5. The maximum Gasteiger partial charge on any atom is 0.219 e. The van der Waals surface area contributed by atoms with Gasteiger partial charge < -0.3 is 9.88 Å². The van der Waals surface area contributed by atoms with Crippen LogP contribution in [0.5, 0.6) is 0 Å². The van der Waals surface area contributed by atoms with Crippen molar-refractivity contribution in [3.63, 3.8) is 0 Å². The average Bonchev–Trinajstić information content (AvgIpc) is 2.85. The van der Waals surface area contributed by atoms with Crippen LogP contribution in [0.4, 0.5) is 4.39 Å². The van der Waals surface area contributed by atoms with Gasteiger partial charge in [-0.05, 0) is 19.1 Å². The summed E-state index contributed by atoms with van der Waals surface area (Å²) in [5.74, 6) is -0.142. The molecule has 0 bridgehead atoms. The van der Waals surface area contributed by atoms with E-state index in [9.17, 15) is 9.18 Å². The summed E-state index contributed by atoms with van der Waals surface area (Å²) in [4.78, 5) is 16.9. The zero-order valence-electron chi connectivity index (χ0n) is 13.3. The minimum Gasteiger partial charge on any atom is -0.358 e. The van der Waals surface area contributed by atoms with Crippen molar-refractivity contribution in [3.8, 4) is 0 Å². The molecular weight excluding hydrogens is 291 g/mol. The van der Waals surface area contributed by atoms with E-state index in [0.29, 0.717) is 18.7 Å². The highest BCUT2D eigenvalue weighted by atomic mass is 19.1. The molecule has 0 aliphatic carbocycles. The van der Waals surface area contributed by atoms with Crippen molar-refractivity contribution >= 4 is 16.7 Å². The van der Waals surface area contributed by atoms with Crippen LogP contribution in [0.3, 0.4) is 0 Å². The molecule has 1 atom stereocenters. The number of quaternary nitrogens is 1. The third kappa shape index (κ3) is 3.17. The second-order valence-electron chi connectivity index (χ2n) is 6.00. The first-order valence-corrected chi connectivity index (χ1v) is 7.71. The average molecular weight is 311 g/mol.